The van der Waals surface area contributed by atoms with E-state index in [-0.39, 0.29) is 0 Å². The van der Waals surface area contributed by atoms with Crippen LogP contribution in [0.25, 0.3) is 0 Å². The van der Waals surface area contributed by atoms with Crippen molar-refractivity contribution in [2.24, 2.45) is 0 Å². The molecule has 0 saturated heterocycles. The first kappa shape index (κ1) is 10.6. The summed E-state index contributed by atoms with van der Waals surface area (Å²) in [5.74, 6) is 0.931. The molecule has 0 radical (unpaired) electrons. The first-order valence-corrected chi connectivity index (χ1v) is 4.83. The van der Waals surface area contributed by atoms with Crippen molar-refractivity contribution < 1.29 is 23.7 Å². The Bertz CT molecular complexity index is 413. The van der Waals surface area contributed by atoms with Crippen molar-refractivity contribution in [3.63, 3.8) is 0 Å². The Hall–Kier alpha value is -1.91. The molecule has 0 atom stereocenters. The van der Waals surface area contributed by atoms with E-state index in [1.165, 1.54) is 14.2 Å². The number of methoxy groups -OCH3 is 2. The molecular weight excluding hydrogens is 212 g/mol. The van der Waals surface area contributed by atoms with Crippen molar-refractivity contribution >= 4 is 5.97 Å². The van der Waals surface area contributed by atoms with Crippen LogP contribution < -0.4 is 14.2 Å². The Morgan fingerprint density at radius 3 is 2.50 bits per heavy atom. The third-order valence-electron chi connectivity index (χ3n) is 2.28. The summed E-state index contributed by atoms with van der Waals surface area (Å²) in [5, 5.41) is 0. The monoisotopic (exact) mass is 224 g/mol. The predicted octanol–water partition coefficient (Wildman–Crippen LogP) is 1.25. The van der Waals surface area contributed by atoms with Gasteiger partial charge >= 0.3 is 5.97 Å². The summed E-state index contributed by atoms with van der Waals surface area (Å²) >= 11 is 0. The van der Waals surface area contributed by atoms with Gasteiger partial charge in [-0.05, 0) is 12.1 Å². The van der Waals surface area contributed by atoms with Gasteiger partial charge in [0.15, 0.2) is 11.5 Å². The molecule has 1 aromatic carbocycles. The number of ether oxygens (including phenoxy) is 4. The molecule has 0 N–H and O–H groups in total. The molecule has 1 aromatic rings. The minimum atomic E-state index is -0.454. The minimum absolute atomic E-state index is 0.345. The quantitative estimate of drug-likeness (QED) is 0.708. The molecule has 0 spiro atoms. The Labute approximate surface area is 92.9 Å². The summed E-state index contributed by atoms with van der Waals surface area (Å²) in [5.41, 5.74) is 0.345. The molecular formula is C11H12O5. The van der Waals surface area contributed by atoms with Crippen molar-refractivity contribution in [2.75, 3.05) is 27.4 Å². The number of rotatable bonds is 2. The zero-order valence-corrected chi connectivity index (χ0v) is 9.11. The van der Waals surface area contributed by atoms with Gasteiger partial charge in [-0.15, -0.1) is 0 Å². The first-order chi connectivity index (χ1) is 7.77. The number of fused-ring (bicyclic) bond motifs is 1. The van der Waals surface area contributed by atoms with Crippen molar-refractivity contribution in [2.45, 2.75) is 0 Å². The van der Waals surface area contributed by atoms with E-state index in [9.17, 15) is 4.79 Å². The predicted molar refractivity (Wildman–Crippen MR) is 55.3 cm³/mol. The van der Waals surface area contributed by atoms with Crippen molar-refractivity contribution in [1.29, 1.82) is 0 Å². The fourth-order valence-electron chi connectivity index (χ4n) is 1.54. The molecule has 0 aliphatic carbocycles. The van der Waals surface area contributed by atoms with Crippen LogP contribution in [0.2, 0.25) is 0 Å². The van der Waals surface area contributed by atoms with Gasteiger partial charge in [-0.25, -0.2) is 4.79 Å². The standard InChI is InChI=1S/C11H12O5/c1-13-8-4-3-7(11(12)14-2)9-10(8)16-6-5-15-9/h3-4H,5-6H2,1-2H3. The molecule has 16 heavy (non-hydrogen) atoms. The van der Waals surface area contributed by atoms with Crippen LogP contribution in [0.15, 0.2) is 12.1 Å². The number of carbonyl (C=O) groups is 1. The highest BCUT2D eigenvalue weighted by atomic mass is 16.6. The Kier molecular flexibility index (Phi) is 2.85. The maximum Gasteiger partial charge on any atom is 0.341 e. The lowest BCUT2D eigenvalue weighted by Gasteiger charge is -2.22. The molecule has 0 aromatic heterocycles. The molecule has 0 saturated carbocycles. The lowest BCUT2D eigenvalue weighted by atomic mass is 10.1. The van der Waals surface area contributed by atoms with E-state index >= 15 is 0 Å². The van der Waals surface area contributed by atoms with Crippen LogP contribution in [-0.4, -0.2) is 33.4 Å². The number of benzene rings is 1. The second-order valence-corrected chi connectivity index (χ2v) is 3.16. The summed E-state index contributed by atoms with van der Waals surface area (Å²) < 4.78 is 20.6. The van der Waals surface area contributed by atoms with E-state index in [1.54, 1.807) is 12.1 Å². The average molecular weight is 224 g/mol. The number of esters is 1. The van der Waals surface area contributed by atoms with Crippen molar-refractivity contribution in [3.8, 4) is 17.2 Å². The molecule has 1 aliphatic rings. The molecule has 86 valence electrons. The summed E-state index contributed by atoms with van der Waals surface area (Å²) in [7, 11) is 2.86. The molecule has 1 heterocycles. The maximum absolute atomic E-state index is 11.5. The lowest BCUT2D eigenvalue weighted by molar-refractivity contribution is 0.0590. The normalized spacial score (nSPS) is 13.1. The van der Waals surface area contributed by atoms with Gasteiger partial charge in [-0.3, -0.25) is 0 Å². The van der Waals surface area contributed by atoms with E-state index in [1.807, 2.05) is 0 Å². The van der Waals surface area contributed by atoms with E-state index in [0.29, 0.717) is 36.0 Å². The SMILES string of the molecule is COC(=O)c1ccc(OC)c2c1OCCO2. The summed E-state index contributed by atoms with van der Waals surface area (Å²) in [6.45, 7) is 0.845. The number of carbonyl (C=O) groups excluding carboxylic acids is 1. The highest BCUT2D eigenvalue weighted by Gasteiger charge is 2.24. The topological polar surface area (TPSA) is 54.0 Å². The smallest absolute Gasteiger partial charge is 0.341 e. The van der Waals surface area contributed by atoms with E-state index < -0.39 is 5.97 Å². The fraction of sp³-hybridized carbons (Fsp3) is 0.364. The average Bonchev–Trinajstić information content (AvgIpc) is 2.36. The van der Waals surface area contributed by atoms with Crippen molar-refractivity contribution in [1.82, 2.24) is 0 Å². The van der Waals surface area contributed by atoms with E-state index in [4.69, 9.17) is 14.2 Å². The first-order valence-electron chi connectivity index (χ1n) is 4.83. The van der Waals surface area contributed by atoms with E-state index in [0.717, 1.165) is 0 Å². The molecule has 2 rings (SSSR count). The minimum Gasteiger partial charge on any atom is -0.493 e. The third-order valence-corrected chi connectivity index (χ3v) is 2.28. The van der Waals surface area contributed by atoms with Crippen LogP contribution in [0.5, 0.6) is 17.2 Å². The van der Waals surface area contributed by atoms with Crippen LogP contribution in [0.3, 0.4) is 0 Å². The maximum atomic E-state index is 11.5. The highest BCUT2D eigenvalue weighted by Crippen LogP contribution is 2.41. The molecule has 0 bridgehead atoms. The molecule has 5 heteroatoms. The fourth-order valence-corrected chi connectivity index (χ4v) is 1.54. The van der Waals surface area contributed by atoms with Crippen LogP contribution in [0.1, 0.15) is 10.4 Å². The lowest BCUT2D eigenvalue weighted by Crippen LogP contribution is -2.18. The Morgan fingerprint density at radius 1 is 1.19 bits per heavy atom. The van der Waals surface area contributed by atoms with Crippen LogP contribution in [0.4, 0.5) is 0 Å². The van der Waals surface area contributed by atoms with E-state index in [2.05, 4.69) is 4.74 Å². The van der Waals surface area contributed by atoms with Gasteiger partial charge in [0.2, 0.25) is 5.75 Å². The number of hydrogen-bond donors (Lipinski definition) is 0. The molecule has 1 aliphatic heterocycles. The van der Waals surface area contributed by atoms with Gasteiger partial charge in [0, 0.05) is 0 Å². The van der Waals surface area contributed by atoms with Crippen molar-refractivity contribution in [3.05, 3.63) is 17.7 Å². The largest absolute Gasteiger partial charge is 0.493 e. The molecule has 5 nitrogen and oxygen atoms in total. The summed E-state index contributed by atoms with van der Waals surface area (Å²) in [6.07, 6.45) is 0. The molecule has 0 amide bonds. The van der Waals surface area contributed by atoms with Gasteiger partial charge in [-0.2, -0.15) is 0 Å². The molecule has 0 fully saturated rings. The number of hydrogen-bond acceptors (Lipinski definition) is 5. The Morgan fingerprint density at radius 2 is 1.88 bits per heavy atom. The Balaban J connectivity index is 2.52. The third kappa shape index (κ3) is 1.64. The molecule has 0 unspecified atom stereocenters. The van der Waals surface area contributed by atoms with Gasteiger partial charge in [0.05, 0.1) is 14.2 Å². The van der Waals surface area contributed by atoms with Gasteiger partial charge in [0.1, 0.15) is 18.8 Å². The zero-order valence-electron chi connectivity index (χ0n) is 9.11. The summed E-state index contributed by atoms with van der Waals surface area (Å²) in [4.78, 5) is 11.5. The summed E-state index contributed by atoms with van der Waals surface area (Å²) in [6, 6.07) is 3.25. The zero-order chi connectivity index (χ0) is 11.5. The second-order valence-electron chi connectivity index (χ2n) is 3.16. The van der Waals surface area contributed by atoms with Crippen LogP contribution in [-0.2, 0) is 4.74 Å². The van der Waals surface area contributed by atoms with Crippen LogP contribution in [0, 0.1) is 0 Å². The second kappa shape index (κ2) is 4.30. The highest BCUT2D eigenvalue weighted by molar-refractivity contribution is 5.94. The van der Waals surface area contributed by atoms with Crippen LogP contribution >= 0.6 is 0 Å². The van der Waals surface area contributed by atoms with Gasteiger partial charge in [-0.1, -0.05) is 0 Å². The van der Waals surface area contributed by atoms with Gasteiger partial charge in [0.25, 0.3) is 0 Å². The van der Waals surface area contributed by atoms with Gasteiger partial charge < -0.3 is 18.9 Å².